The lowest BCUT2D eigenvalue weighted by atomic mass is 9.43. The fourth-order valence-electron chi connectivity index (χ4n) is 10.8. The van der Waals surface area contributed by atoms with Crippen LogP contribution in [0.2, 0.25) is 0 Å². The number of furan rings is 1. The number of fused-ring (bicyclic) bond motifs is 13. The van der Waals surface area contributed by atoms with Crippen molar-refractivity contribution in [1.29, 1.82) is 0 Å². The number of rotatable bonds is 4. The summed E-state index contributed by atoms with van der Waals surface area (Å²) in [6.07, 6.45) is 0. The molecule has 0 amide bonds. The molecule has 65 heavy (non-hydrogen) atoms. The van der Waals surface area contributed by atoms with E-state index in [-0.39, 0.29) is 23.1 Å². The molecule has 318 valence electrons. The molecule has 0 fully saturated rings. The van der Waals surface area contributed by atoms with Gasteiger partial charge in [0, 0.05) is 66.8 Å². The van der Waals surface area contributed by atoms with Crippen molar-refractivity contribution in [1.82, 2.24) is 4.57 Å². The average molecular weight is 844 g/mol. The quantitative estimate of drug-likeness (QED) is 0.165. The Labute approximate surface area is 382 Å². The van der Waals surface area contributed by atoms with Crippen molar-refractivity contribution in [2.24, 2.45) is 0 Å². The highest BCUT2D eigenvalue weighted by molar-refractivity contribution is 6.94. The predicted molar refractivity (Wildman–Crippen MR) is 278 cm³/mol. The Balaban J connectivity index is 1.28. The minimum atomic E-state index is -0.141. The van der Waals surface area contributed by atoms with Gasteiger partial charge >= 0.3 is 6.85 Å². The molecular weight excluding hydrogens is 789 g/mol. The molecule has 8 aromatic carbocycles. The zero-order chi connectivity index (χ0) is 44.7. The molecule has 0 bridgehead atoms. The van der Waals surface area contributed by atoms with E-state index in [0.717, 1.165) is 33.6 Å². The van der Waals surface area contributed by atoms with E-state index in [9.17, 15) is 0 Å². The van der Waals surface area contributed by atoms with Crippen molar-refractivity contribution in [2.75, 3.05) is 9.71 Å². The summed E-state index contributed by atoms with van der Waals surface area (Å²) in [5.41, 5.74) is 20.0. The molecule has 0 spiro atoms. The summed E-state index contributed by atoms with van der Waals surface area (Å²) in [5, 5.41) is 4.77. The number of hydrogen-bond donors (Lipinski definition) is 0. The molecule has 0 unspecified atom stereocenters. The van der Waals surface area contributed by atoms with E-state index in [4.69, 9.17) is 4.42 Å². The zero-order valence-electron chi connectivity index (χ0n) is 38.9. The van der Waals surface area contributed by atoms with Crippen LogP contribution in [-0.4, -0.2) is 11.4 Å². The highest BCUT2D eigenvalue weighted by Crippen LogP contribution is 2.52. The summed E-state index contributed by atoms with van der Waals surface area (Å²) in [4.78, 5) is 5.03. The number of hydrogen-bond acceptors (Lipinski definition) is 3. The van der Waals surface area contributed by atoms with Crippen LogP contribution < -0.4 is 20.6 Å². The third-order valence-corrected chi connectivity index (χ3v) is 14.2. The predicted octanol–water partition coefficient (Wildman–Crippen LogP) is 15.3. The second-order valence-corrected chi connectivity index (χ2v) is 21.4. The maximum atomic E-state index is 7.27. The largest absolute Gasteiger partial charge is 0.455 e. The fraction of sp³-hybridized carbons (Fsp3) is 0.200. The summed E-state index contributed by atoms with van der Waals surface area (Å²) in [7, 11) is 0. The minimum Gasteiger partial charge on any atom is -0.455 e. The van der Waals surface area contributed by atoms with Gasteiger partial charge in [0.15, 0.2) is 0 Å². The van der Waals surface area contributed by atoms with Crippen molar-refractivity contribution in [3.05, 3.63) is 180 Å². The van der Waals surface area contributed by atoms with Gasteiger partial charge in [0.1, 0.15) is 11.2 Å². The molecule has 0 N–H and O–H groups in total. The van der Waals surface area contributed by atoms with E-state index in [1.54, 1.807) is 0 Å². The molecule has 0 atom stereocenters. The van der Waals surface area contributed by atoms with Crippen molar-refractivity contribution in [3.8, 4) is 16.8 Å². The molecule has 0 saturated carbocycles. The van der Waals surface area contributed by atoms with Gasteiger partial charge in [0.05, 0.1) is 11.0 Å². The van der Waals surface area contributed by atoms with Crippen molar-refractivity contribution >= 4 is 90.0 Å². The van der Waals surface area contributed by atoms with Crippen LogP contribution in [0.25, 0.3) is 60.6 Å². The first-order valence-corrected chi connectivity index (χ1v) is 23.2. The number of nitrogens with zero attached hydrogens (tertiary/aromatic N) is 3. The summed E-state index contributed by atoms with van der Waals surface area (Å²) >= 11 is 0. The van der Waals surface area contributed by atoms with Gasteiger partial charge in [-0.25, -0.2) is 0 Å². The summed E-state index contributed by atoms with van der Waals surface area (Å²) < 4.78 is 9.88. The van der Waals surface area contributed by atoms with Crippen LogP contribution >= 0.6 is 0 Å². The van der Waals surface area contributed by atoms with Crippen LogP contribution in [0.3, 0.4) is 0 Å². The number of para-hydroxylation sites is 3. The van der Waals surface area contributed by atoms with Crippen LogP contribution in [0.15, 0.2) is 168 Å². The van der Waals surface area contributed by atoms with Gasteiger partial charge in [-0.15, -0.1) is 0 Å². The van der Waals surface area contributed by atoms with Gasteiger partial charge in [-0.05, 0) is 117 Å². The second kappa shape index (κ2) is 13.8. The molecule has 0 radical (unpaired) electrons. The zero-order valence-corrected chi connectivity index (χ0v) is 38.9. The Morgan fingerprint density at radius 2 is 1.08 bits per heavy atom. The lowest BCUT2D eigenvalue weighted by Gasteiger charge is -2.43. The third kappa shape index (κ3) is 5.90. The van der Waals surface area contributed by atoms with Crippen LogP contribution in [0, 0.1) is 0 Å². The van der Waals surface area contributed by atoms with Gasteiger partial charge in [0.25, 0.3) is 0 Å². The fourth-order valence-corrected chi connectivity index (χ4v) is 10.8. The van der Waals surface area contributed by atoms with Crippen LogP contribution in [0.5, 0.6) is 0 Å². The summed E-state index contributed by atoms with van der Waals surface area (Å²) in [6, 6.07) is 61.1. The van der Waals surface area contributed by atoms with Gasteiger partial charge in [-0.1, -0.05) is 153 Å². The van der Waals surface area contributed by atoms with E-state index >= 15 is 0 Å². The SMILES string of the molecule is CC(C)(C)c1ccc(N2B3c4cc(C(C)(C)C)ccc4-n4c5cc(N(c6ccccc6)c6ccccc6)ccc5c5c6c(oc7ccccc76)c(c3c54)-c3cc(C(C)(C)C)ccc32)cc1. The molecule has 2 aromatic heterocycles. The molecule has 0 saturated heterocycles. The Morgan fingerprint density at radius 3 is 1.72 bits per heavy atom. The Kier molecular flexibility index (Phi) is 8.39. The van der Waals surface area contributed by atoms with Crippen LogP contribution in [0.4, 0.5) is 28.4 Å². The van der Waals surface area contributed by atoms with E-state index < -0.39 is 0 Å². The molecule has 2 aliphatic rings. The van der Waals surface area contributed by atoms with Crippen LogP contribution in [0.1, 0.15) is 79.0 Å². The normalized spacial score (nSPS) is 13.6. The summed E-state index contributed by atoms with van der Waals surface area (Å²) in [5.74, 6) is 0. The van der Waals surface area contributed by atoms with Gasteiger partial charge in [-0.3, -0.25) is 0 Å². The smallest absolute Gasteiger partial charge is 0.333 e. The molecule has 5 heteroatoms. The maximum Gasteiger partial charge on any atom is 0.333 e. The Bertz CT molecular complexity index is 3500. The number of aromatic nitrogens is 1. The lowest BCUT2D eigenvalue weighted by molar-refractivity contribution is 0.590. The Morgan fingerprint density at radius 1 is 0.492 bits per heavy atom. The molecule has 2 aliphatic heterocycles. The first-order valence-electron chi connectivity index (χ1n) is 23.2. The first kappa shape index (κ1) is 39.6. The van der Waals surface area contributed by atoms with Gasteiger partial charge in [-0.2, -0.15) is 0 Å². The number of anilines is 5. The number of benzene rings is 8. The topological polar surface area (TPSA) is 24.6 Å². The molecule has 4 heterocycles. The molecule has 12 rings (SSSR count). The first-order chi connectivity index (χ1) is 31.2. The maximum absolute atomic E-state index is 7.27. The van der Waals surface area contributed by atoms with Crippen molar-refractivity contribution in [2.45, 2.75) is 78.6 Å². The van der Waals surface area contributed by atoms with Crippen LogP contribution in [-0.2, 0) is 16.2 Å². The summed E-state index contributed by atoms with van der Waals surface area (Å²) in [6.45, 7) is 20.7. The van der Waals surface area contributed by atoms with E-state index in [0.29, 0.717) is 0 Å². The average Bonchev–Trinajstić information content (AvgIpc) is 3.84. The second-order valence-electron chi connectivity index (χ2n) is 21.4. The molecule has 4 nitrogen and oxygen atoms in total. The lowest BCUT2D eigenvalue weighted by Crippen LogP contribution is -2.60. The molecule has 0 aliphatic carbocycles. The Hall–Kier alpha value is -6.98. The standard InChI is InChI=1S/C60H54BN3O/c1-58(2,3)37-24-28-42(29-25-37)64-48-32-26-38(59(4,5)6)34-46(48)54-55-56-52(53-45-22-16-17-23-51(45)65-57(53)54)44-31-30-43(62(40-18-12-10-13-19-40)41-20-14-11-15-21-41)36-50(44)63(56)49-33-27-39(60(7,8)9)35-47(49)61(55)64/h10-36H,1-9H3. The van der Waals surface area contributed by atoms with Gasteiger partial charge < -0.3 is 18.7 Å². The molecular formula is C60H54BN3O. The highest BCUT2D eigenvalue weighted by Gasteiger charge is 2.46. The minimum absolute atomic E-state index is 0.0288. The monoisotopic (exact) mass is 843 g/mol. The molecule has 10 aromatic rings. The highest BCUT2D eigenvalue weighted by atomic mass is 16.3. The third-order valence-electron chi connectivity index (χ3n) is 14.2. The van der Waals surface area contributed by atoms with E-state index in [1.807, 2.05) is 0 Å². The van der Waals surface area contributed by atoms with Crippen molar-refractivity contribution in [3.63, 3.8) is 0 Å². The van der Waals surface area contributed by atoms with E-state index in [2.05, 4.69) is 240 Å². The van der Waals surface area contributed by atoms with Gasteiger partial charge in [0.2, 0.25) is 0 Å². The van der Waals surface area contributed by atoms with Crippen molar-refractivity contribution < 1.29 is 4.42 Å². The van der Waals surface area contributed by atoms with E-state index in [1.165, 1.54) is 83.0 Å².